The first-order chi connectivity index (χ1) is 9.84. The highest BCUT2D eigenvalue weighted by Crippen LogP contribution is 2.35. The van der Waals surface area contributed by atoms with Gasteiger partial charge in [0.1, 0.15) is 6.04 Å². The fourth-order valence-corrected chi connectivity index (χ4v) is 2.33. The Morgan fingerprint density at radius 3 is 2.71 bits per heavy atom. The van der Waals surface area contributed by atoms with Crippen molar-refractivity contribution in [2.24, 2.45) is 11.5 Å². The van der Waals surface area contributed by atoms with Crippen LogP contribution in [0.1, 0.15) is 11.1 Å². The molecule has 0 saturated carbocycles. The van der Waals surface area contributed by atoms with E-state index in [4.69, 9.17) is 16.2 Å². The van der Waals surface area contributed by atoms with Gasteiger partial charge < -0.3 is 21.1 Å². The molecule has 1 fully saturated rings. The molecule has 1 amide bonds. The van der Waals surface area contributed by atoms with Crippen LogP contribution in [-0.2, 0) is 22.3 Å². The molecule has 0 radical (unpaired) electrons. The summed E-state index contributed by atoms with van der Waals surface area (Å²) in [6.07, 6.45) is -4.50. The number of primary amides is 1. The molecular weight excluding hydrogens is 287 g/mol. The Hall–Kier alpha value is -1.80. The molecule has 4 N–H and O–H groups in total. The lowest BCUT2D eigenvalue weighted by Crippen LogP contribution is -2.52. The number of hydrogen-bond donors (Lipinski definition) is 2. The Kier molecular flexibility index (Phi) is 4.38. The number of carbonyl (C=O) groups is 1. The highest BCUT2D eigenvalue weighted by molar-refractivity contribution is 5.84. The van der Waals surface area contributed by atoms with Crippen LogP contribution < -0.4 is 16.4 Å². The predicted octanol–water partition coefficient (Wildman–Crippen LogP) is 0.855. The summed E-state index contributed by atoms with van der Waals surface area (Å²) in [6.45, 7) is 0.476. The second-order valence-electron chi connectivity index (χ2n) is 4.73. The zero-order valence-corrected chi connectivity index (χ0v) is 11.2. The summed E-state index contributed by atoms with van der Waals surface area (Å²) in [4.78, 5) is 12.9. The first-order valence-electron chi connectivity index (χ1n) is 6.38. The monoisotopic (exact) mass is 303 g/mol. The smallest absolute Gasteiger partial charge is 0.377 e. The molecule has 8 heteroatoms. The van der Waals surface area contributed by atoms with Crippen molar-refractivity contribution < 1.29 is 22.7 Å². The summed E-state index contributed by atoms with van der Waals surface area (Å²) < 4.78 is 44.3. The van der Waals surface area contributed by atoms with Gasteiger partial charge in [-0.15, -0.1) is 0 Å². The van der Waals surface area contributed by atoms with E-state index in [1.54, 1.807) is 0 Å². The van der Waals surface area contributed by atoms with Crippen molar-refractivity contribution in [3.05, 3.63) is 29.3 Å². The van der Waals surface area contributed by atoms with E-state index in [0.717, 1.165) is 6.07 Å². The minimum absolute atomic E-state index is 0.00938. The number of nitrogens with two attached hydrogens (primary N) is 2. The molecule has 0 bridgehead atoms. The van der Waals surface area contributed by atoms with Crippen LogP contribution in [-0.4, -0.2) is 31.7 Å². The number of amides is 1. The largest absolute Gasteiger partial charge is 0.416 e. The second kappa shape index (κ2) is 5.90. The molecule has 0 aromatic heterocycles. The minimum atomic E-state index is -4.50. The molecule has 1 unspecified atom stereocenters. The SMILES string of the molecule is NCc1ccc(N2CCOCC2C(N)=O)cc1C(F)(F)F. The molecule has 1 aromatic rings. The Morgan fingerprint density at radius 2 is 2.14 bits per heavy atom. The normalized spacial score (nSPS) is 19.6. The van der Waals surface area contributed by atoms with Gasteiger partial charge in [0.2, 0.25) is 5.91 Å². The lowest BCUT2D eigenvalue weighted by atomic mass is 10.0. The fourth-order valence-electron chi connectivity index (χ4n) is 2.33. The summed E-state index contributed by atoms with van der Waals surface area (Å²) in [5, 5.41) is 0. The topological polar surface area (TPSA) is 81.6 Å². The zero-order valence-electron chi connectivity index (χ0n) is 11.2. The number of morpholine rings is 1. The van der Waals surface area contributed by atoms with Gasteiger partial charge in [-0.05, 0) is 17.7 Å². The van der Waals surface area contributed by atoms with Crippen LogP contribution in [0.3, 0.4) is 0 Å². The maximum absolute atomic E-state index is 13.0. The van der Waals surface area contributed by atoms with Gasteiger partial charge in [0.25, 0.3) is 0 Å². The third kappa shape index (κ3) is 3.27. The fraction of sp³-hybridized carbons (Fsp3) is 0.462. The summed E-state index contributed by atoms with van der Waals surface area (Å²) in [6, 6.07) is 3.07. The van der Waals surface area contributed by atoms with Crippen LogP contribution in [0.5, 0.6) is 0 Å². The number of benzene rings is 1. The van der Waals surface area contributed by atoms with Gasteiger partial charge in [0, 0.05) is 18.8 Å². The van der Waals surface area contributed by atoms with Gasteiger partial charge in [-0.25, -0.2) is 0 Å². The summed E-state index contributed by atoms with van der Waals surface area (Å²) in [5.41, 5.74) is 10.1. The second-order valence-corrected chi connectivity index (χ2v) is 4.73. The number of hydrogen-bond acceptors (Lipinski definition) is 4. The van der Waals surface area contributed by atoms with Gasteiger partial charge >= 0.3 is 6.18 Å². The predicted molar refractivity (Wildman–Crippen MR) is 70.5 cm³/mol. The number of nitrogens with zero attached hydrogens (tertiary/aromatic N) is 1. The van der Waals surface area contributed by atoms with Crippen molar-refractivity contribution in [2.45, 2.75) is 18.8 Å². The lowest BCUT2D eigenvalue weighted by Gasteiger charge is -2.35. The van der Waals surface area contributed by atoms with Gasteiger partial charge in [-0.3, -0.25) is 4.79 Å². The summed E-state index contributed by atoms with van der Waals surface area (Å²) >= 11 is 0. The molecule has 0 spiro atoms. The molecule has 21 heavy (non-hydrogen) atoms. The maximum atomic E-state index is 13.0. The number of carbonyl (C=O) groups excluding carboxylic acids is 1. The Balaban J connectivity index is 2.41. The van der Waals surface area contributed by atoms with E-state index in [-0.39, 0.29) is 24.4 Å². The third-order valence-corrected chi connectivity index (χ3v) is 3.41. The quantitative estimate of drug-likeness (QED) is 0.867. The van der Waals surface area contributed by atoms with Crippen molar-refractivity contribution >= 4 is 11.6 Å². The zero-order chi connectivity index (χ0) is 15.6. The highest BCUT2D eigenvalue weighted by atomic mass is 19.4. The number of ether oxygens (including phenoxy) is 1. The van der Waals surface area contributed by atoms with E-state index in [9.17, 15) is 18.0 Å². The van der Waals surface area contributed by atoms with Crippen LogP contribution in [0.2, 0.25) is 0 Å². The number of anilines is 1. The van der Waals surface area contributed by atoms with Crippen molar-refractivity contribution in [3.8, 4) is 0 Å². The van der Waals surface area contributed by atoms with Crippen molar-refractivity contribution in [1.82, 2.24) is 0 Å². The van der Waals surface area contributed by atoms with Gasteiger partial charge in [-0.2, -0.15) is 13.2 Å². The van der Waals surface area contributed by atoms with E-state index in [1.165, 1.54) is 17.0 Å². The molecule has 1 aliphatic rings. The standard InChI is InChI=1S/C13H16F3N3O2/c14-13(15,16)10-5-9(2-1-8(10)6-17)19-3-4-21-7-11(19)12(18)20/h1-2,5,11H,3-4,6-7,17H2,(H2,18,20). The van der Waals surface area contributed by atoms with Crippen LogP contribution in [0.4, 0.5) is 18.9 Å². The van der Waals surface area contributed by atoms with Crippen LogP contribution in [0.15, 0.2) is 18.2 Å². The van der Waals surface area contributed by atoms with E-state index in [2.05, 4.69) is 0 Å². The van der Waals surface area contributed by atoms with E-state index >= 15 is 0 Å². The van der Waals surface area contributed by atoms with E-state index < -0.39 is 23.7 Å². The summed E-state index contributed by atoms with van der Waals surface area (Å²) in [7, 11) is 0. The molecule has 1 atom stereocenters. The van der Waals surface area contributed by atoms with Gasteiger partial charge in [-0.1, -0.05) is 6.07 Å². The van der Waals surface area contributed by atoms with Crippen LogP contribution in [0, 0.1) is 0 Å². The van der Waals surface area contributed by atoms with Crippen molar-refractivity contribution in [2.75, 3.05) is 24.7 Å². The van der Waals surface area contributed by atoms with Gasteiger partial charge in [0.05, 0.1) is 18.8 Å². The highest BCUT2D eigenvalue weighted by Gasteiger charge is 2.35. The molecule has 1 aromatic carbocycles. The van der Waals surface area contributed by atoms with E-state index in [0.29, 0.717) is 13.2 Å². The Labute approximate surface area is 119 Å². The molecule has 116 valence electrons. The average molecular weight is 303 g/mol. The van der Waals surface area contributed by atoms with Gasteiger partial charge in [0.15, 0.2) is 0 Å². The molecule has 5 nitrogen and oxygen atoms in total. The molecule has 0 aliphatic carbocycles. The Morgan fingerprint density at radius 1 is 1.43 bits per heavy atom. The van der Waals surface area contributed by atoms with Crippen LogP contribution in [0.25, 0.3) is 0 Å². The first kappa shape index (κ1) is 15.6. The van der Waals surface area contributed by atoms with Crippen molar-refractivity contribution in [3.63, 3.8) is 0 Å². The maximum Gasteiger partial charge on any atom is 0.416 e. The molecule has 2 rings (SSSR count). The Bertz CT molecular complexity index is 534. The molecule has 1 heterocycles. The third-order valence-electron chi connectivity index (χ3n) is 3.41. The molecular formula is C13H16F3N3O2. The van der Waals surface area contributed by atoms with E-state index in [1.807, 2.05) is 0 Å². The molecule has 1 saturated heterocycles. The summed E-state index contributed by atoms with van der Waals surface area (Å²) in [5.74, 6) is -0.633. The minimum Gasteiger partial charge on any atom is -0.377 e. The first-order valence-corrected chi connectivity index (χ1v) is 6.38. The number of halogens is 3. The number of rotatable bonds is 3. The van der Waals surface area contributed by atoms with Crippen LogP contribution >= 0.6 is 0 Å². The lowest BCUT2D eigenvalue weighted by molar-refractivity contribution is -0.138. The number of alkyl halides is 3. The molecule has 1 aliphatic heterocycles. The average Bonchev–Trinajstić information content (AvgIpc) is 2.45. The van der Waals surface area contributed by atoms with Crippen molar-refractivity contribution in [1.29, 1.82) is 0 Å².